The zero-order valence-electron chi connectivity index (χ0n) is 16.9. The van der Waals surface area contributed by atoms with Crippen LogP contribution in [0.5, 0.6) is 0 Å². The molecule has 29 heavy (non-hydrogen) atoms. The number of hydrogen-bond donors (Lipinski definition) is 0. The van der Waals surface area contributed by atoms with Crippen LogP contribution < -0.4 is 0 Å². The van der Waals surface area contributed by atoms with Gasteiger partial charge in [0.2, 0.25) is 5.91 Å². The van der Waals surface area contributed by atoms with Gasteiger partial charge in [-0.2, -0.15) is 0 Å². The van der Waals surface area contributed by atoms with Crippen molar-refractivity contribution in [2.45, 2.75) is 58.5 Å². The van der Waals surface area contributed by atoms with Gasteiger partial charge in [-0.25, -0.2) is 18.8 Å². The average Bonchev–Trinajstić information content (AvgIpc) is 3.30. The normalized spacial score (nSPS) is 24.8. The Hall–Kier alpha value is -2.28. The van der Waals surface area contributed by atoms with Crippen LogP contribution in [0, 0.1) is 37.3 Å². The Bertz CT molecular complexity index is 870. The van der Waals surface area contributed by atoms with Crippen molar-refractivity contribution in [3.63, 3.8) is 0 Å². The first-order valence-corrected chi connectivity index (χ1v) is 10.3. The molecule has 2 aromatic rings. The van der Waals surface area contributed by atoms with Crippen LogP contribution in [0.3, 0.4) is 0 Å². The lowest BCUT2D eigenvalue weighted by Gasteiger charge is -2.32. The molecule has 2 aliphatic rings. The van der Waals surface area contributed by atoms with Crippen molar-refractivity contribution in [1.29, 1.82) is 0 Å². The number of carbonyl (C=O) groups excluding carboxylic acids is 1. The zero-order valence-corrected chi connectivity index (χ0v) is 16.9. The third-order valence-corrected chi connectivity index (χ3v) is 6.39. The van der Waals surface area contributed by atoms with Gasteiger partial charge in [-0.1, -0.05) is 0 Å². The van der Waals surface area contributed by atoms with Crippen LogP contribution in [0.4, 0.5) is 8.78 Å². The van der Waals surface area contributed by atoms with Crippen LogP contribution in [-0.2, 0) is 16.2 Å². The van der Waals surface area contributed by atoms with E-state index in [1.165, 1.54) is 22.9 Å². The fourth-order valence-corrected chi connectivity index (χ4v) is 4.54. The summed E-state index contributed by atoms with van der Waals surface area (Å²) in [6.45, 7) is 5.40. The van der Waals surface area contributed by atoms with E-state index in [4.69, 9.17) is 4.84 Å². The van der Waals surface area contributed by atoms with Crippen LogP contribution in [0.2, 0.25) is 0 Å². The number of aromatic nitrogens is 2. The number of aryl methyl sites for hydroxylation is 1. The number of halogens is 2. The number of carbonyl (C=O) groups is 1. The van der Waals surface area contributed by atoms with E-state index in [-0.39, 0.29) is 11.8 Å². The maximum absolute atomic E-state index is 13.6. The summed E-state index contributed by atoms with van der Waals surface area (Å²) < 4.78 is 29.4. The van der Waals surface area contributed by atoms with E-state index in [0.717, 1.165) is 44.0 Å². The van der Waals surface area contributed by atoms with E-state index in [0.29, 0.717) is 24.5 Å². The number of benzene rings is 1. The zero-order chi connectivity index (χ0) is 20.5. The minimum absolute atomic E-state index is 0.0646. The molecule has 1 aromatic carbocycles. The van der Waals surface area contributed by atoms with Crippen LogP contribution in [-0.4, -0.2) is 27.1 Å². The van der Waals surface area contributed by atoms with E-state index >= 15 is 0 Å². The Morgan fingerprint density at radius 1 is 1.10 bits per heavy atom. The highest BCUT2D eigenvalue weighted by Gasteiger charge is 2.37. The van der Waals surface area contributed by atoms with Crippen molar-refractivity contribution in [1.82, 2.24) is 14.6 Å². The summed E-state index contributed by atoms with van der Waals surface area (Å²) in [5.74, 6) is -0.908. The number of imidazole rings is 1. The van der Waals surface area contributed by atoms with Gasteiger partial charge in [0, 0.05) is 30.6 Å². The Morgan fingerprint density at radius 2 is 1.79 bits per heavy atom. The summed E-state index contributed by atoms with van der Waals surface area (Å²) in [6.07, 6.45) is 5.99. The maximum Gasteiger partial charge on any atom is 0.249 e. The summed E-state index contributed by atoms with van der Waals surface area (Å²) >= 11 is 0. The van der Waals surface area contributed by atoms with Crippen LogP contribution in [0.25, 0.3) is 0 Å². The van der Waals surface area contributed by atoms with Crippen LogP contribution in [0.1, 0.15) is 55.1 Å². The fourth-order valence-electron chi connectivity index (χ4n) is 4.54. The Balaban J connectivity index is 1.38. The molecule has 1 saturated heterocycles. The second-order valence-corrected chi connectivity index (χ2v) is 8.29. The SMILES string of the molecule is Cc1ncn(C[C@H]2CC[C@H](C(=O)N3OCC[C@H]3c3cc(F)cc(F)c3)CC2)c1C. The lowest BCUT2D eigenvalue weighted by Crippen LogP contribution is -2.37. The van der Waals surface area contributed by atoms with Gasteiger partial charge in [-0.3, -0.25) is 9.63 Å². The van der Waals surface area contributed by atoms with Crippen molar-refractivity contribution in [2.75, 3.05) is 6.61 Å². The standard InChI is InChI=1S/C22H27F2N3O2/c1-14-15(2)26(13-25-14)12-16-3-5-17(6-4-16)22(28)27-21(7-8-29-27)18-9-19(23)11-20(24)10-18/h9-11,13,16-17,21H,3-8,12H2,1-2H3/t16-,17-,21-/m0/s1. The van der Waals surface area contributed by atoms with E-state index in [9.17, 15) is 13.6 Å². The van der Waals surface area contributed by atoms with E-state index in [1.807, 2.05) is 13.3 Å². The molecular weight excluding hydrogens is 376 g/mol. The van der Waals surface area contributed by atoms with Crippen molar-refractivity contribution >= 4 is 5.91 Å². The molecule has 0 N–H and O–H groups in total. The van der Waals surface area contributed by atoms with Crippen LogP contribution >= 0.6 is 0 Å². The molecule has 2 fully saturated rings. The molecule has 0 radical (unpaired) electrons. The smallest absolute Gasteiger partial charge is 0.249 e. The first-order valence-electron chi connectivity index (χ1n) is 10.3. The summed E-state index contributed by atoms with van der Waals surface area (Å²) in [6, 6.07) is 2.99. The second kappa shape index (κ2) is 8.22. The molecule has 5 nitrogen and oxygen atoms in total. The number of nitrogens with zero attached hydrogens (tertiary/aromatic N) is 3. The Labute approximate surface area is 169 Å². The molecule has 1 atom stereocenters. The number of hydrogen-bond acceptors (Lipinski definition) is 3. The van der Waals surface area contributed by atoms with Crippen molar-refractivity contribution in [3.8, 4) is 0 Å². The number of hydroxylamine groups is 2. The highest BCUT2D eigenvalue weighted by molar-refractivity contribution is 5.78. The summed E-state index contributed by atoms with van der Waals surface area (Å²) in [7, 11) is 0. The van der Waals surface area contributed by atoms with Crippen molar-refractivity contribution < 1.29 is 18.4 Å². The van der Waals surface area contributed by atoms with Crippen molar-refractivity contribution in [3.05, 3.63) is 53.1 Å². The average molecular weight is 403 g/mol. The van der Waals surface area contributed by atoms with E-state index in [1.54, 1.807) is 0 Å². The number of rotatable bonds is 4. The van der Waals surface area contributed by atoms with Gasteiger partial charge in [0.05, 0.1) is 24.7 Å². The highest BCUT2D eigenvalue weighted by Crippen LogP contribution is 2.37. The third-order valence-electron chi connectivity index (χ3n) is 6.39. The van der Waals surface area contributed by atoms with Gasteiger partial charge in [0.15, 0.2) is 0 Å². The minimum Gasteiger partial charge on any atom is -0.334 e. The monoisotopic (exact) mass is 403 g/mol. The topological polar surface area (TPSA) is 47.4 Å². The molecular formula is C22H27F2N3O2. The van der Waals surface area contributed by atoms with Crippen LogP contribution in [0.15, 0.2) is 24.5 Å². The second-order valence-electron chi connectivity index (χ2n) is 8.29. The molecule has 1 saturated carbocycles. The first-order chi connectivity index (χ1) is 13.9. The molecule has 2 heterocycles. The molecule has 1 aliphatic heterocycles. The van der Waals surface area contributed by atoms with E-state index in [2.05, 4.69) is 16.5 Å². The Kier molecular flexibility index (Phi) is 5.67. The molecule has 1 amide bonds. The predicted octanol–water partition coefficient (Wildman–Crippen LogP) is 4.49. The quantitative estimate of drug-likeness (QED) is 0.756. The lowest BCUT2D eigenvalue weighted by molar-refractivity contribution is -0.183. The lowest BCUT2D eigenvalue weighted by atomic mass is 9.81. The molecule has 0 bridgehead atoms. The Morgan fingerprint density at radius 3 is 2.41 bits per heavy atom. The predicted molar refractivity (Wildman–Crippen MR) is 104 cm³/mol. The fraction of sp³-hybridized carbons (Fsp3) is 0.545. The minimum atomic E-state index is -0.634. The molecule has 7 heteroatoms. The third kappa shape index (κ3) is 4.20. The van der Waals surface area contributed by atoms with Gasteiger partial charge in [-0.05, 0) is 63.1 Å². The van der Waals surface area contributed by atoms with Gasteiger partial charge >= 0.3 is 0 Å². The largest absolute Gasteiger partial charge is 0.334 e. The van der Waals surface area contributed by atoms with Gasteiger partial charge < -0.3 is 4.57 Å². The maximum atomic E-state index is 13.6. The van der Waals surface area contributed by atoms with Gasteiger partial charge in [0.1, 0.15) is 11.6 Å². The number of amides is 1. The molecule has 4 rings (SSSR count). The molecule has 0 spiro atoms. The van der Waals surface area contributed by atoms with Gasteiger partial charge in [-0.15, -0.1) is 0 Å². The summed E-state index contributed by atoms with van der Waals surface area (Å²) in [4.78, 5) is 23.0. The molecule has 156 valence electrons. The summed E-state index contributed by atoms with van der Waals surface area (Å²) in [5.41, 5.74) is 2.70. The van der Waals surface area contributed by atoms with Gasteiger partial charge in [0.25, 0.3) is 0 Å². The van der Waals surface area contributed by atoms with Crippen molar-refractivity contribution in [2.24, 2.45) is 11.8 Å². The molecule has 0 unspecified atom stereocenters. The van der Waals surface area contributed by atoms with E-state index < -0.39 is 17.7 Å². The summed E-state index contributed by atoms with van der Waals surface area (Å²) in [5, 5.41) is 1.36. The first kappa shape index (κ1) is 20.0. The highest BCUT2D eigenvalue weighted by atomic mass is 19.1. The molecule has 1 aliphatic carbocycles. The molecule has 1 aromatic heterocycles.